The minimum absolute atomic E-state index is 0.0720. The van der Waals surface area contributed by atoms with Crippen LogP contribution in [0.15, 0.2) is 36.4 Å². The van der Waals surface area contributed by atoms with E-state index in [1.54, 1.807) is 24.3 Å². The van der Waals surface area contributed by atoms with E-state index >= 15 is 0 Å². The highest BCUT2D eigenvalue weighted by Crippen LogP contribution is 2.22. The Morgan fingerprint density at radius 3 is 2.65 bits per heavy atom. The van der Waals surface area contributed by atoms with E-state index in [-0.39, 0.29) is 11.5 Å². The molecule has 0 spiro atoms. The van der Waals surface area contributed by atoms with Crippen molar-refractivity contribution in [3.63, 3.8) is 0 Å². The number of hydrogen-bond acceptors (Lipinski definition) is 6. The van der Waals surface area contributed by atoms with Crippen LogP contribution in [0.3, 0.4) is 0 Å². The molecule has 0 fully saturated rings. The van der Waals surface area contributed by atoms with Gasteiger partial charge in [0.1, 0.15) is 11.6 Å². The van der Waals surface area contributed by atoms with E-state index < -0.39 is 4.92 Å². The van der Waals surface area contributed by atoms with Gasteiger partial charge in [-0.15, -0.1) is 0 Å². The smallest absolute Gasteiger partial charge is 0.276 e. The fourth-order valence-corrected chi connectivity index (χ4v) is 1.65. The van der Waals surface area contributed by atoms with Crippen molar-refractivity contribution in [1.29, 1.82) is 5.26 Å². The van der Waals surface area contributed by atoms with Gasteiger partial charge in [-0.1, -0.05) is 12.1 Å². The van der Waals surface area contributed by atoms with E-state index in [4.69, 9.17) is 11.0 Å². The van der Waals surface area contributed by atoms with Gasteiger partial charge >= 0.3 is 0 Å². The molecule has 1 aromatic carbocycles. The number of nitrogens with two attached hydrogens (primary N) is 1. The van der Waals surface area contributed by atoms with Crippen LogP contribution in [0, 0.1) is 21.4 Å². The zero-order chi connectivity index (χ0) is 14.5. The number of benzene rings is 1. The van der Waals surface area contributed by atoms with Gasteiger partial charge in [0.05, 0.1) is 29.5 Å². The van der Waals surface area contributed by atoms with Gasteiger partial charge in [-0.3, -0.25) is 10.1 Å². The largest absolute Gasteiger partial charge is 0.383 e. The Balaban J connectivity index is 2.21. The van der Waals surface area contributed by atoms with Crippen molar-refractivity contribution in [3.8, 4) is 6.07 Å². The quantitative estimate of drug-likeness (QED) is 0.649. The van der Waals surface area contributed by atoms with Crippen molar-refractivity contribution in [2.24, 2.45) is 0 Å². The summed E-state index contributed by atoms with van der Waals surface area (Å²) in [5.41, 5.74) is 7.00. The number of anilines is 3. The Morgan fingerprint density at radius 2 is 2.05 bits per heavy atom. The highest BCUT2D eigenvalue weighted by atomic mass is 16.6. The number of nitriles is 1. The van der Waals surface area contributed by atoms with Crippen LogP contribution in [0.25, 0.3) is 0 Å². The first-order valence-electron chi connectivity index (χ1n) is 5.73. The topological polar surface area (TPSA) is 118 Å². The molecule has 1 heterocycles. The third-order valence-electron chi connectivity index (χ3n) is 2.55. The van der Waals surface area contributed by atoms with Gasteiger partial charge in [-0.05, 0) is 17.7 Å². The maximum absolute atomic E-state index is 10.7. The predicted octanol–water partition coefficient (Wildman–Crippen LogP) is 2.38. The van der Waals surface area contributed by atoms with E-state index in [0.717, 1.165) is 5.56 Å². The molecule has 0 unspecified atom stereocenters. The molecule has 2 rings (SSSR count). The lowest BCUT2D eigenvalue weighted by Crippen LogP contribution is -2.00. The zero-order valence-electron chi connectivity index (χ0n) is 10.4. The molecule has 3 N–H and O–H groups in total. The van der Waals surface area contributed by atoms with Crippen LogP contribution in [0.1, 0.15) is 5.56 Å². The second kappa shape index (κ2) is 5.67. The van der Waals surface area contributed by atoms with Gasteiger partial charge in [0.15, 0.2) is 0 Å². The normalized spacial score (nSPS) is 9.75. The number of rotatable bonds is 4. The summed E-state index contributed by atoms with van der Waals surface area (Å²) in [4.78, 5) is 14.2. The summed E-state index contributed by atoms with van der Waals surface area (Å²) >= 11 is 0. The summed E-state index contributed by atoms with van der Waals surface area (Å²) in [6, 6.07) is 11.7. The fraction of sp³-hybridized carbons (Fsp3) is 0.0769. The Morgan fingerprint density at radius 1 is 1.35 bits per heavy atom. The molecule has 0 saturated carbocycles. The van der Waals surface area contributed by atoms with E-state index in [0.29, 0.717) is 17.9 Å². The van der Waals surface area contributed by atoms with Gasteiger partial charge in [-0.25, -0.2) is 4.98 Å². The SMILES string of the molecule is N#CCc1ccc(Nc2cc([N+](=O)[O-])cc(N)n2)cc1. The monoisotopic (exact) mass is 269 g/mol. The van der Waals surface area contributed by atoms with E-state index in [1.807, 2.05) is 0 Å². The average Bonchev–Trinajstić information content (AvgIpc) is 2.40. The molecule has 0 saturated heterocycles. The minimum Gasteiger partial charge on any atom is -0.383 e. The number of nitro groups is 1. The first-order valence-corrected chi connectivity index (χ1v) is 5.73. The van der Waals surface area contributed by atoms with Crippen molar-refractivity contribution < 1.29 is 4.92 Å². The summed E-state index contributed by atoms with van der Waals surface area (Å²) in [5, 5.41) is 22.3. The summed E-state index contributed by atoms with van der Waals surface area (Å²) in [7, 11) is 0. The maximum atomic E-state index is 10.7. The molecule has 0 bridgehead atoms. The van der Waals surface area contributed by atoms with Crippen molar-refractivity contribution in [3.05, 3.63) is 52.1 Å². The summed E-state index contributed by atoms with van der Waals surface area (Å²) in [5.74, 6) is 0.368. The van der Waals surface area contributed by atoms with Crippen LogP contribution in [-0.2, 0) is 6.42 Å². The fourth-order valence-electron chi connectivity index (χ4n) is 1.65. The van der Waals surface area contributed by atoms with Gasteiger partial charge < -0.3 is 11.1 Å². The van der Waals surface area contributed by atoms with Gasteiger partial charge in [0.25, 0.3) is 5.69 Å². The summed E-state index contributed by atoms with van der Waals surface area (Å²) < 4.78 is 0. The molecule has 0 amide bonds. The number of pyridine rings is 1. The molecule has 1 aromatic heterocycles. The third kappa shape index (κ3) is 3.20. The lowest BCUT2D eigenvalue weighted by atomic mass is 10.1. The number of nitrogen functional groups attached to an aromatic ring is 1. The highest BCUT2D eigenvalue weighted by molar-refractivity contribution is 5.61. The average molecular weight is 269 g/mol. The number of nitrogens with zero attached hydrogens (tertiary/aromatic N) is 3. The molecule has 20 heavy (non-hydrogen) atoms. The Bertz CT molecular complexity index is 676. The third-order valence-corrected chi connectivity index (χ3v) is 2.55. The highest BCUT2D eigenvalue weighted by Gasteiger charge is 2.09. The van der Waals surface area contributed by atoms with Crippen LogP contribution >= 0.6 is 0 Å². The summed E-state index contributed by atoms with van der Waals surface area (Å²) in [6.07, 6.45) is 0.336. The molecule has 0 aliphatic heterocycles. The van der Waals surface area contributed by atoms with Crippen molar-refractivity contribution >= 4 is 23.0 Å². The molecular weight excluding hydrogens is 258 g/mol. The van der Waals surface area contributed by atoms with Crippen LogP contribution in [0.2, 0.25) is 0 Å². The second-order valence-corrected chi connectivity index (χ2v) is 4.05. The molecule has 0 aliphatic carbocycles. The van der Waals surface area contributed by atoms with Crippen molar-refractivity contribution in [2.75, 3.05) is 11.1 Å². The molecule has 0 atom stereocenters. The first kappa shape index (κ1) is 13.3. The van der Waals surface area contributed by atoms with Crippen LogP contribution in [0.5, 0.6) is 0 Å². The van der Waals surface area contributed by atoms with E-state index in [2.05, 4.69) is 16.4 Å². The Kier molecular flexibility index (Phi) is 3.77. The molecule has 7 nitrogen and oxygen atoms in total. The summed E-state index contributed by atoms with van der Waals surface area (Å²) in [6.45, 7) is 0. The van der Waals surface area contributed by atoms with Gasteiger partial charge in [0.2, 0.25) is 0 Å². The lowest BCUT2D eigenvalue weighted by molar-refractivity contribution is -0.384. The Hall–Kier alpha value is -3.14. The predicted molar refractivity (Wildman–Crippen MR) is 74.3 cm³/mol. The van der Waals surface area contributed by atoms with Gasteiger partial charge in [0, 0.05) is 5.69 Å². The second-order valence-electron chi connectivity index (χ2n) is 4.05. The molecule has 0 aliphatic rings. The molecule has 100 valence electrons. The number of nitrogens with one attached hydrogen (secondary N) is 1. The first-order chi connectivity index (χ1) is 9.58. The van der Waals surface area contributed by atoms with Crippen LogP contribution in [-0.4, -0.2) is 9.91 Å². The van der Waals surface area contributed by atoms with Crippen LogP contribution < -0.4 is 11.1 Å². The lowest BCUT2D eigenvalue weighted by Gasteiger charge is -2.06. The standard InChI is InChI=1S/C13H11N5O2/c14-6-5-9-1-3-10(4-2-9)16-13-8-11(18(19)20)7-12(15)17-13/h1-4,7-8H,5H2,(H3,15,16,17). The maximum Gasteiger partial charge on any atom is 0.276 e. The van der Waals surface area contributed by atoms with Crippen molar-refractivity contribution in [1.82, 2.24) is 4.98 Å². The van der Waals surface area contributed by atoms with Gasteiger partial charge in [-0.2, -0.15) is 5.26 Å². The minimum atomic E-state index is -0.529. The number of hydrogen-bond donors (Lipinski definition) is 2. The molecule has 7 heteroatoms. The van der Waals surface area contributed by atoms with Crippen LogP contribution in [0.4, 0.5) is 23.0 Å². The number of aromatic nitrogens is 1. The molecular formula is C13H11N5O2. The van der Waals surface area contributed by atoms with E-state index in [9.17, 15) is 10.1 Å². The Labute approximate surface area is 114 Å². The zero-order valence-corrected chi connectivity index (χ0v) is 10.4. The molecule has 0 radical (unpaired) electrons. The molecule has 2 aromatic rings. The van der Waals surface area contributed by atoms with Crippen molar-refractivity contribution in [2.45, 2.75) is 6.42 Å². The van der Waals surface area contributed by atoms with E-state index in [1.165, 1.54) is 12.1 Å².